The van der Waals surface area contributed by atoms with Crippen LogP contribution in [0.3, 0.4) is 0 Å². The molecule has 11 heavy (non-hydrogen) atoms. The maximum absolute atomic E-state index is 9.23. The second kappa shape index (κ2) is 3.83. The summed E-state index contributed by atoms with van der Waals surface area (Å²) in [6.07, 6.45) is 0. The Morgan fingerprint density at radius 1 is 1.18 bits per heavy atom. The van der Waals surface area contributed by atoms with E-state index in [4.69, 9.17) is 5.11 Å². The molecule has 0 bridgehead atoms. The monoisotopic (exact) mass is 164 g/mol. The van der Waals surface area contributed by atoms with Gasteiger partial charge in [-0.15, -0.1) is 0 Å². The molecule has 0 heterocycles. The van der Waals surface area contributed by atoms with Crippen LogP contribution in [0.2, 0.25) is 0 Å². The van der Waals surface area contributed by atoms with Crippen LogP contribution in [-0.4, -0.2) is 33.3 Å². The van der Waals surface area contributed by atoms with Gasteiger partial charge in [-0.25, -0.2) is 0 Å². The van der Waals surface area contributed by atoms with Gasteiger partial charge in [0.15, 0.2) is 0 Å². The van der Waals surface area contributed by atoms with E-state index in [0.29, 0.717) is 5.56 Å². The second-order valence-corrected chi connectivity index (χ2v) is 2.38. The molecule has 0 aromatic heterocycles. The summed E-state index contributed by atoms with van der Waals surface area (Å²) < 4.78 is 0. The average Bonchev–Trinajstić information content (AvgIpc) is 1.93. The fourth-order valence-corrected chi connectivity index (χ4v) is 0.825. The predicted octanol–water partition coefficient (Wildman–Crippen LogP) is 1.56. The van der Waals surface area contributed by atoms with E-state index in [0.717, 1.165) is 5.56 Å². The van der Waals surface area contributed by atoms with E-state index in [-0.39, 0.29) is 37.4 Å². The fourth-order valence-electron chi connectivity index (χ4n) is 0.825. The molecular weight excluding hydrogens is 152 g/mol. The van der Waals surface area contributed by atoms with Gasteiger partial charge in [0.05, 0.1) is 0 Å². The molecule has 2 N–H and O–H groups in total. The van der Waals surface area contributed by atoms with Gasteiger partial charge in [0.25, 0.3) is 0 Å². The molecule has 1 rings (SSSR count). The van der Waals surface area contributed by atoms with E-state index >= 15 is 0 Å². The van der Waals surface area contributed by atoms with Gasteiger partial charge >= 0.3 is 23.1 Å². The molecule has 58 valence electrons. The summed E-state index contributed by atoms with van der Waals surface area (Å²) in [5.41, 5.74) is 1.33. The molecule has 0 unspecified atom stereocenters. The summed E-state index contributed by atoms with van der Waals surface area (Å²) >= 11 is 0. The first-order chi connectivity index (χ1) is 4.63. The number of phenolic OH excluding ortho intramolecular Hbond substituents is 2. The number of aromatic hydroxyl groups is 2. The largest absolute Gasteiger partial charge is 2.00 e. The minimum absolute atomic E-state index is 0. The normalized spacial score (nSPS) is 8.91. The van der Waals surface area contributed by atoms with Crippen molar-refractivity contribution in [3.05, 3.63) is 23.3 Å². The molecule has 0 saturated carbocycles. The Bertz CT molecular complexity index is 240. The standard InChI is InChI=1S/C8H10O2.Mg.2H/c1-5-3-4-7(9)6(2)8(5)10;;;/h3-4,9-10H,1-2H3;;;/q;+2;2*-1. The van der Waals surface area contributed by atoms with Gasteiger partial charge in [-0.1, -0.05) is 6.07 Å². The van der Waals surface area contributed by atoms with Crippen molar-refractivity contribution in [2.45, 2.75) is 13.8 Å². The van der Waals surface area contributed by atoms with Gasteiger partial charge in [-0.05, 0) is 25.5 Å². The smallest absolute Gasteiger partial charge is 1.00 e. The summed E-state index contributed by atoms with van der Waals surface area (Å²) in [4.78, 5) is 0. The van der Waals surface area contributed by atoms with E-state index in [1.807, 2.05) is 0 Å². The van der Waals surface area contributed by atoms with E-state index in [9.17, 15) is 5.11 Å². The molecule has 0 aliphatic carbocycles. The summed E-state index contributed by atoms with van der Waals surface area (Å²) in [5.74, 6) is 0.322. The quantitative estimate of drug-likeness (QED) is 0.572. The van der Waals surface area contributed by atoms with Crippen LogP contribution in [0.25, 0.3) is 0 Å². The van der Waals surface area contributed by atoms with Crippen molar-refractivity contribution < 1.29 is 13.1 Å². The SMILES string of the molecule is Cc1ccc(O)c(C)c1O.[H-].[H-].[Mg+2]. The fraction of sp³-hybridized carbons (Fsp3) is 0.250. The van der Waals surface area contributed by atoms with Crippen LogP contribution in [0, 0.1) is 13.8 Å². The topological polar surface area (TPSA) is 40.5 Å². The molecule has 0 fully saturated rings. The average molecular weight is 164 g/mol. The molecule has 0 saturated heterocycles. The van der Waals surface area contributed by atoms with Crippen LogP contribution >= 0.6 is 0 Å². The van der Waals surface area contributed by atoms with Crippen molar-refractivity contribution in [2.24, 2.45) is 0 Å². The summed E-state index contributed by atoms with van der Waals surface area (Å²) in [6.45, 7) is 3.47. The molecule has 0 aliphatic heterocycles. The van der Waals surface area contributed by atoms with E-state index in [2.05, 4.69) is 0 Å². The van der Waals surface area contributed by atoms with Crippen molar-refractivity contribution in [1.82, 2.24) is 0 Å². The minimum atomic E-state index is 0. The first-order valence-corrected chi connectivity index (χ1v) is 3.11. The second-order valence-electron chi connectivity index (χ2n) is 2.38. The van der Waals surface area contributed by atoms with Gasteiger partial charge in [-0.2, -0.15) is 0 Å². The molecular formula is C8H12MgO2. The third-order valence-electron chi connectivity index (χ3n) is 1.60. The van der Waals surface area contributed by atoms with Crippen molar-refractivity contribution in [3.63, 3.8) is 0 Å². The molecule has 2 nitrogen and oxygen atoms in total. The Balaban J connectivity index is -0.000000333. The van der Waals surface area contributed by atoms with Crippen LogP contribution in [0.4, 0.5) is 0 Å². The molecule has 1 aromatic rings. The third kappa shape index (κ3) is 2.01. The van der Waals surface area contributed by atoms with Crippen LogP contribution < -0.4 is 0 Å². The number of phenols is 2. The molecule has 0 atom stereocenters. The molecule has 0 radical (unpaired) electrons. The van der Waals surface area contributed by atoms with Gasteiger partial charge in [0, 0.05) is 5.56 Å². The first-order valence-electron chi connectivity index (χ1n) is 3.11. The zero-order chi connectivity index (χ0) is 7.72. The van der Waals surface area contributed by atoms with Crippen molar-refractivity contribution in [2.75, 3.05) is 0 Å². The van der Waals surface area contributed by atoms with Gasteiger partial charge in [-0.3, -0.25) is 0 Å². The Morgan fingerprint density at radius 2 is 1.73 bits per heavy atom. The Kier molecular flexibility index (Phi) is 3.68. The van der Waals surface area contributed by atoms with Gasteiger partial charge < -0.3 is 13.1 Å². The van der Waals surface area contributed by atoms with Crippen molar-refractivity contribution in [1.29, 1.82) is 0 Å². The van der Waals surface area contributed by atoms with Crippen molar-refractivity contribution >= 4 is 23.1 Å². The number of rotatable bonds is 0. The number of hydrogen-bond acceptors (Lipinski definition) is 2. The molecule has 0 aliphatic rings. The zero-order valence-electron chi connectivity index (χ0n) is 8.76. The summed E-state index contributed by atoms with van der Waals surface area (Å²) in [7, 11) is 0. The summed E-state index contributed by atoms with van der Waals surface area (Å²) in [6, 6.07) is 3.25. The summed E-state index contributed by atoms with van der Waals surface area (Å²) in [5, 5.41) is 18.3. The Labute approximate surface area is 85.0 Å². The molecule has 0 spiro atoms. The van der Waals surface area contributed by atoms with Crippen LogP contribution in [0.5, 0.6) is 11.5 Å². The van der Waals surface area contributed by atoms with Gasteiger partial charge in [0.1, 0.15) is 11.5 Å². The predicted molar refractivity (Wildman–Crippen MR) is 47.2 cm³/mol. The molecule has 3 heteroatoms. The maximum Gasteiger partial charge on any atom is 2.00 e. The number of benzene rings is 1. The first kappa shape index (κ1) is 10.6. The van der Waals surface area contributed by atoms with Crippen LogP contribution in [-0.2, 0) is 0 Å². The number of hydrogen-bond donors (Lipinski definition) is 2. The molecule has 0 amide bonds. The van der Waals surface area contributed by atoms with Crippen LogP contribution in [0.15, 0.2) is 12.1 Å². The maximum atomic E-state index is 9.23. The van der Waals surface area contributed by atoms with E-state index < -0.39 is 0 Å². The third-order valence-corrected chi connectivity index (χ3v) is 1.60. The Morgan fingerprint density at radius 3 is 2.18 bits per heavy atom. The number of aryl methyl sites for hydroxylation is 1. The van der Waals surface area contributed by atoms with E-state index in [1.54, 1.807) is 26.0 Å². The zero-order valence-corrected chi connectivity index (χ0v) is 8.17. The minimum Gasteiger partial charge on any atom is -1.00 e. The molecule has 1 aromatic carbocycles. The van der Waals surface area contributed by atoms with Crippen molar-refractivity contribution in [3.8, 4) is 11.5 Å². The Hall–Kier alpha value is -0.414. The van der Waals surface area contributed by atoms with E-state index in [1.165, 1.54) is 0 Å². The van der Waals surface area contributed by atoms with Crippen LogP contribution in [0.1, 0.15) is 14.0 Å². The van der Waals surface area contributed by atoms with Gasteiger partial charge in [0.2, 0.25) is 0 Å².